The van der Waals surface area contributed by atoms with Crippen molar-refractivity contribution in [3.05, 3.63) is 71.6 Å². The van der Waals surface area contributed by atoms with E-state index in [1.807, 2.05) is 44.2 Å². The summed E-state index contributed by atoms with van der Waals surface area (Å²) < 4.78 is 47.6. The first kappa shape index (κ1) is 40.6. The van der Waals surface area contributed by atoms with Gasteiger partial charge in [0.05, 0.1) is 63.2 Å². The Hall–Kier alpha value is -5.81. The number of aromatic amines is 2. The van der Waals surface area contributed by atoms with Crippen molar-refractivity contribution in [2.24, 2.45) is 11.8 Å². The Balaban J connectivity index is 0.958. The Morgan fingerprint density at radius 1 is 0.836 bits per heavy atom. The predicted molar refractivity (Wildman–Crippen MR) is 219 cm³/mol. The summed E-state index contributed by atoms with van der Waals surface area (Å²) in [5, 5.41) is 2.47. The molecule has 17 heteroatoms. The third kappa shape index (κ3) is 7.62. The van der Waals surface area contributed by atoms with Crippen LogP contribution in [0.15, 0.2) is 48.8 Å². The van der Waals surface area contributed by atoms with E-state index in [9.17, 15) is 23.2 Å². The SMILES string of the molecule is CON[C@H](C(=O)N1C[C@H](F)C[C@H]1c1ncc(-c2ccc3c(c2)OCC2=C3C(C3CC3)Oc3cc(-c4cnc([C@@H]5C[C@@H](F)CN5C(=O)[C@H](C)NC(=O)OC)[nH]4)ccc32)[nH]1)C(C)C. The number of nitrogens with one attached hydrogen (secondary N) is 4. The molecular formula is C44H50F2N8O7. The summed E-state index contributed by atoms with van der Waals surface area (Å²) in [6.45, 7) is 5.58. The molecule has 15 nitrogen and oxygen atoms in total. The molecule has 9 rings (SSSR count). The highest BCUT2D eigenvalue weighted by molar-refractivity contribution is 6.00. The maximum Gasteiger partial charge on any atom is 0.407 e. The van der Waals surface area contributed by atoms with Crippen LogP contribution < -0.4 is 20.3 Å². The molecule has 2 aromatic carbocycles. The van der Waals surface area contributed by atoms with Crippen LogP contribution in [0.5, 0.6) is 11.5 Å². The van der Waals surface area contributed by atoms with Crippen molar-refractivity contribution in [1.29, 1.82) is 0 Å². The van der Waals surface area contributed by atoms with Crippen molar-refractivity contribution in [3.8, 4) is 34.0 Å². The summed E-state index contributed by atoms with van der Waals surface area (Å²) in [7, 11) is 2.67. The van der Waals surface area contributed by atoms with Gasteiger partial charge in [-0.05, 0) is 37.8 Å². The van der Waals surface area contributed by atoms with Crippen LogP contribution in [-0.2, 0) is 19.2 Å². The number of hydrogen-bond donors (Lipinski definition) is 4. The zero-order chi connectivity index (χ0) is 42.7. The summed E-state index contributed by atoms with van der Waals surface area (Å²) in [6.07, 6.45) is 2.39. The molecule has 0 spiro atoms. The molecular weight excluding hydrogens is 791 g/mol. The van der Waals surface area contributed by atoms with Gasteiger partial charge in [0.25, 0.3) is 0 Å². The minimum atomic E-state index is -1.24. The maximum absolute atomic E-state index is 14.9. The van der Waals surface area contributed by atoms with Gasteiger partial charge < -0.3 is 44.1 Å². The number of imidazole rings is 2. The van der Waals surface area contributed by atoms with Crippen LogP contribution in [0.3, 0.4) is 0 Å². The van der Waals surface area contributed by atoms with Gasteiger partial charge in [-0.15, -0.1) is 0 Å². The highest BCUT2D eigenvalue weighted by Crippen LogP contribution is 2.52. The first-order valence-corrected chi connectivity index (χ1v) is 20.9. The van der Waals surface area contributed by atoms with E-state index in [1.54, 1.807) is 17.3 Å². The number of ether oxygens (including phenoxy) is 3. The fraction of sp³-hybridized carbons (Fsp3) is 0.477. The lowest BCUT2D eigenvalue weighted by Gasteiger charge is -2.35. The number of fused-ring (bicyclic) bond motifs is 4. The number of likely N-dealkylation sites (tertiary alicyclic amines) is 2. The highest BCUT2D eigenvalue weighted by atomic mass is 19.1. The van der Waals surface area contributed by atoms with E-state index in [0.29, 0.717) is 29.9 Å². The Kier molecular flexibility index (Phi) is 10.8. The molecule has 2 aromatic heterocycles. The number of carbonyl (C=O) groups is 3. The number of halogens is 2. The van der Waals surface area contributed by atoms with E-state index in [4.69, 9.17) is 14.3 Å². The zero-order valence-electron chi connectivity index (χ0n) is 34.7. The Morgan fingerprint density at radius 2 is 1.43 bits per heavy atom. The standard InChI is InChI=1S/C44H50F2N8O7/c1-21(2)38(52-59-5)43(56)54-19-27(46)15-34(54)41-48-16-31(50-41)24-9-11-29-35(12-24)60-20-30-28-10-8-25(13-36(28)61-39(37(29)30)23-6-7-23)32-17-47-40(51-32)33-14-26(45)18-53(33)42(55)22(3)49-44(57)58-4/h8-13,16-17,21-23,26-27,33-34,38-39,52H,6-7,14-15,18-20H2,1-5H3,(H,47,51)(H,48,50)(H,49,57)/t22-,26+,27+,33-,34-,38-,39?/m0/s1. The molecule has 0 radical (unpaired) electrons. The fourth-order valence-electron chi connectivity index (χ4n) is 9.14. The molecule has 1 saturated carbocycles. The Bertz CT molecular complexity index is 2380. The van der Waals surface area contributed by atoms with Gasteiger partial charge in [0.2, 0.25) is 11.8 Å². The van der Waals surface area contributed by atoms with E-state index in [0.717, 1.165) is 63.4 Å². The van der Waals surface area contributed by atoms with E-state index >= 15 is 0 Å². The molecule has 6 heterocycles. The number of alkyl halides is 2. The summed E-state index contributed by atoms with van der Waals surface area (Å²) >= 11 is 0. The fourth-order valence-corrected chi connectivity index (χ4v) is 9.14. The molecule has 61 heavy (non-hydrogen) atoms. The van der Waals surface area contributed by atoms with Crippen molar-refractivity contribution in [3.63, 3.8) is 0 Å². The number of methoxy groups -OCH3 is 1. The number of amides is 3. The lowest BCUT2D eigenvalue weighted by atomic mass is 9.84. The smallest absolute Gasteiger partial charge is 0.407 e. The van der Waals surface area contributed by atoms with E-state index in [1.165, 1.54) is 26.0 Å². The van der Waals surface area contributed by atoms with E-state index in [2.05, 4.69) is 41.5 Å². The average Bonchev–Trinajstić information content (AvgIpc) is 3.58. The number of H-pyrrole nitrogens is 2. The monoisotopic (exact) mass is 840 g/mol. The van der Waals surface area contributed by atoms with Crippen LogP contribution >= 0.6 is 0 Å². The van der Waals surface area contributed by atoms with Crippen LogP contribution in [0.1, 0.15) is 81.3 Å². The minimum Gasteiger partial charge on any atom is -0.488 e. The summed E-state index contributed by atoms with van der Waals surface area (Å²) in [6, 6.07) is 9.35. The number of alkyl carbamates (subject to hydrolysis) is 1. The van der Waals surface area contributed by atoms with Crippen LogP contribution in [0.4, 0.5) is 13.6 Å². The third-order valence-corrected chi connectivity index (χ3v) is 12.4. The van der Waals surface area contributed by atoms with Crippen LogP contribution in [0.25, 0.3) is 33.7 Å². The van der Waals surface area contributed by atoms with Gasteiger partial charge in [-0.25, -0.2) is 23.5 Å². The lowest BCUT2D eigenvalue weighted by Crippen LogP contribution is -2.49. The summed E-state index contributed by atoms with van der Waals surface area (Å²) in [5.41, 5.74) is 9.94. The van der Waals surface area contributed by atoms with Gasteiger partial charge in [-0.2, -0.15) is 5.48 Å². The molecule has 5 aliphatic rings. The summed E-state index contributed by atoms with van der Waals surface area (Å²) in [4.78, 5) is 62.5. The van der Waals surface area contributed by atoms with Gasteiger partial charge in [0, 0.05) is 52.2 Å². The molecule has 4 aromatic rings. The zero-order valence-corrected chi connectivity index (χ0v) is 34.7. The van der Waals surface area contributed by atoms with Crippen LogP contribution in [-0.4, -0.2) is 112 Å². The Morgan fingerprint density at radius 3 is 2.00 bits per heavy atom. The molecule has 7 atom stereocenters. The molecule has 2 saturated heterocycles. The second kappa shape index (κ2) is 16.2. The second-order valence-electron chi connectivity index (χ2n) is 16.9. The first-order chi connectivity index (χ1) is 29.4. The molecule has 4 N–H and O–H groups in total. The molecule has 1 aliphatic carbocycles. The first-order valence-electron chi connectivity index (χ1n) is 20.9. The largest absolute Gasteiger partial charge is 0.488 e. The molecule has 1 unspecified atom stereocenters. The number of aromatic nitrogens is 4. The van der Waals surface area contributed by atoms with Crippen molar-refractivity contribution < 1.29 is 42.2 Å². The van der Waals surface area contributed by atoms with Crippen molar-refractivity contribution in [2.75, 3.05) is 33.9 Å². The van der Waals surface area contributed by atoms with Gasteiger partial charge >= 0.3 is 6.09 Å². The molecule has 3 amide bonds. The number of hydroxylamine groups is 1. The number of nitrogens with zero attached hydrogens (tertiary/aromatic N) is 4. The topological polar surface area (TPSA) is 176 Å². The molecule has 3 fully saturated rings. The quantitative estimate of drug-likeness (QED) is 0.130. The number of benzene rings is 2. The normalized spacial score (nSPS) is 24.1. The molecule has 0 bridgehead atoms. The summed E-state index contributed by atoms with van der Waals surface area (Å²) in [5.74, 6) is 2.05. The van der Waals surface area contributed by atoms with Crippen LogP contribution in [0, 0.1) is 11.8 Å². The number of hydrogen-bond acceptors (Lipinski definition) is 10. The second-order valence-corrected chi connectivity index (χ2v) is 16.9. The van der Waals surface area contributed by atoms with E-state index in [-0.39, 0.29) is 43.9 Å². The van der Waals surface area contributed by atoms with Crippen molar-refractivity contribution >= 4 is 29.1 Å². The molecule has 4 aliphatic heterocycles. The minimum absolute atomic E-state index is 0.0129. The van der Waals surface area contributed by atoms with Gasteiger partial charge in [0.15, 0.2) is 0 Å². The maximum atomic E-state index is 14.9. The van der Waals surface area contributed by atoms with Gasteiger partial charge in [-0.1, -0.05) is 38.1 Å². The van der Waals surface area contributed by atoms with Crippen molar-refractivity contribution in [2.45, 2.75) is 89.1 Å². The van der Waals surface area contributed by atoms with Crippen molar-refractivity contribution in [1.82, 2.24) is 40.5 Å². The van der Waals surface area contributed by atoms with E-state index < -0.39 is 48.5 Å². The van der Waals surface area contributed by atoms with Crippen LogP contribution in [0.2, 0.25) is 0 Å². The Labute approximate surface area is 351 Å². The predicted octanol–water partition coefficient (Wildman–Crippen LogP) is 6.08. The van der Waals surface area contributed by atoms with Gasteiger partial charge in [-0.3, -0.25) is 9.59 Å². The number of carbonyl (C=O) groups excluding carboxylic acids is 3. The van der Waals surface area contributed by atoms with Gasteiger partial charge in [0.1, 0.15) is 60.3 Å². The number of rotatable bonds is 11. The average molecular weight is 841 g/mol. The molecule has 322 valence electrons. The highest BCUT2D eigenvalue weighted by Gasteiger charge is 2.44. The lowest BCUT2D eigenvalue weighted by molar-refractivity contribution is -0.140. The third-order valence-electron chi connectivity index (χ3n) is 12.4.